The van der Waals surface area contributed by atoms with Crippen molar-refractivity contribution < 1.29 is 13.5 Å². The molecule has 21 heavy (non-hydrogen) atoms. The summed E-state index contributed by atoms with van der Waals surface area (Å²) in [4.78, 5) is 0. The van der Waals surface area contributed by atoms with Gasteiger partial charge < -0.3 is 14.5 Å². The lowest BCUT2D eigenvalue weighted by Gasteiger charge is -2.24. The molecule has 1 unspecified atom stereocenters. The van der Waals surface area contributed by atoms with Crippen molar-refractivity contribution >= 4 is 6.01 Å². The Balaban J connectivity index is 1.55. The first-order valence-electron chi connectivity index (χ1n) is 7.20. The molecular weight excluding hydrogens is 273 g/mol. The number of nitrogens with zero attached hydrogens (tertiary/aromatic N) is 2. The van der Waals surface area contributed by atoms with Crippen LogP contribution < -0.4 is 10.1 Å². The van der Waals surface area contributed by atoms with E-state index in [0.29, 0.717) is 23.6 Å². The average Bonchev–Trinajstić information content (AvgIpc) is 2.89. The minimum atomic E-state index is -0.387. The van der Waals surface area contributed by atoms with Crippen molar-refractivity contribution in [2.24, 2.45) is 5.92 Å². The normalized spacial score (nSPS) is 16.3. The van der Waals surface area contributed by atoms with Gasteiger partial charge in [-0.05, 0) is 49.9 Å². The quantitative estimate of drug-likeness (QED) is 0.881. The fourth-order valence-electron chi connectivity index (χ4n) is 2.17. The maximum atomic E-state index is 12.8. The van der Waals surface area contributed by atoms with Gasteiger partial charge >= 0.3 is 6.01 Å². The van der Waals surface area contributed by atoms with E-state index in [0.717, 1.165) is 6.54 Å². The molecule has 0 radical (unpaired) electrons. The van der Waals surface area contributed by atoms with Crippen LogP contribution in [-0.2, 0) is 0 Å². The molecule has 112 valence electrons. The summed E-state index contributed by atoms with van der Waals surface area (Å²) in [5.74, 6) is 1.38. The topological polar surface area (TPSA) is 60.2 Å². The van der Waals surface area contributed by atoms with Crippen molar-refractivity contribution in [1.82, 2.24) is 10.2 Å². The van der Waals surface area contributed by atoms with Crippen molar-refractivity contribution in [1.29, 1.82) is 0 Å². The molecule has 0 amide bonds. The third-order valence-corrected chi connectivity index (χ3v) is 3.68. The minimum absolute atomic E-state index is 0.296. The standard InChI is InChI=1S/C15H18FN3O2/c1-10(20-13-7-5-12(16)6-8-13)14-18-19-15(21-14)17-9-11-3-2-4-11/h5-8,10-11H,2-4,9H2,1H3,(H,17,19). The zero-order valence-electron chi connectivity index (χ0n) is 11.9. The van der Waals surface area contributed by atoms with E-state index < -0.39 is 0 Å². The minimum Gasteiger partial charge on any atom is -0.481 e. The first kappa shape index (κ1) is 13.9. The Labute approximate surface area is 122 Å². The summed E-state index contributed by atoms with van der Waals surface area (Å²) in [7, 11) is 0. The molecular formula is C15H18FN3O2. The third-order valence-electron chi connectivity index (χ3n) is 3.68. The van der Waals surface area contributed by atoms with E-state index in [1.54, 1.807) is 12.1 Å². The second-order valence-corrected chi connectivity index (χ2v) is 5.34. The van der Waals surface area contributed by atoms with Crippen LogP contribution >= 0.6 is 0 Å². The molecule has 1 N–H and O–H groups in total. The van der Waals surface area contributed by atoms with Gasteiger partial charge in [0.1, 0.15) is 11.6 Å². The number of halogens is 1. The van der Waals surface area contributed by atoms with E-state index in [9.17, 15) is 4.39 Å². The number of hydrogen-bond acceptors (Lipinski definition) is 5. The third kappa shape index (κ3) is 3.51. The van der Waals surface area contributed by atoms with Crippen LogP contribution in [0, 0.1) is 11.7 Å². The fraction of sp³-hybridized carbons (Fsp3) is 0.467. The Kier molecular flexibility index (Phi) is 4.03. The molecule has 1 aliphatic carbocycles. The number of aromatic nitrogens is 2. The largest absolute Gasteiger partial charge is 0.481 e. The van der Waals surface area contributed by atoms with Crippen LogP contribution in [0.25, 0.3) is 0 Å². The van der Waals surface area contributed by atoms with E-state index in [-0.39, 0.29) is 11.9 Å². The zero-order valence-corrected chi connectivity index (χ0v) is 11.9. The first-order valence-corrected chi connectivity index (χ1v) is 7.20. The molecule has 5 nitrogen and oxygen atoms in total. The lowest BCUT2D eigenvalue weighted by molar-refractivity contribution is 0.189. The molecule has 3 rings (SSSR count). The van der Waals surface area contributed by atoms with Gasteiger partial charge in [0, 0.05) is 6.54 Å². The Morgan fingerprint density at radius 2 is 2.10 bits per heavy atom. The molecule has 0 bridgehead atoms. The SMILES string of the molecule is CC(Oc1ccc(F)cc1)c1nnc(NCC2CCC2)o1. The number of benzene rings is 1. The van der Waals surface area contributed by atoms with Gasteiger partial charge in [-0.2, -0.15) is 0 Å². The maximum Gasteiger partial charge on any atom is 0.315 e. The highest BCUT2D eigenvalue weighted by Crippen LogP contribution is 2.27. The Bertz CT molecular complexity index is 581. The van der Waals surface area contributed by atoms with Crippen LogP contribution in [0.3, 0.4) is 0 Å². The van der Waals surface area contributed by atoms with Gasteiger partial charge in [0.15, 0.2) is 6.10 Å². The summed E-state index contributed by atoms with van der Waals surface area (Å²) < 4.78 is 24.0. The van der Waals surface area contributed by atoms with E-state index in [4.69, 9.17) is 9.15 Å². The molecule has 0 saturated heterocycles. The predicted molar refractivity (Wildman–Crippen MR) is 75.6 cm³/mol. The van der Waals surface area contributed by atoms with Crippen LogP contribution in [0.15, 0.2) is 28.7 Å². The Morgan fingerprint density at radius 3 is 2.76 bits per heavy atom. The summed E-state index contributed by atoms with van der Waals surface area (Å²) in [6.45, 7) is 2.68. The molecule has 2 aromatic rings. The van der Waals surface area contributed by atoms with Gasteiger partial charge in [-0.25, -0.2) is 4.39 Å². The van der Waals surface area contributed by atoms with Crippen LogP contribution in [0.1, 0.15) is 38.2 Å². The Hall–Kier alpha value is -2.11. The Morgan fingerprint density at radius 1 is 1.33 bits per heavy atom. The van der Waals surface area contributed by atoms with Gasteiger partial charge in [0.2, 0.25) is 0 Å². The van der Waals surface area contributed by atoms with E-state index in [1.807, 2.05) is 6.92 Å². The van der Waals surface area contributed by atoms with Crippen molar-refractivity contribution in [2.75, 3.05) is 11.9 Å². The molecule has 1 saturated carbocycles. The summed E-state index contributed by atoms with van der Waals surface area (Å²) in [6.07, 6.45) is 3.45. The molecule has 0 aliphatic heterocycles. The molecule has 1 fully saturated rings. The molecule has 1 heterocycles. The van der Waals surface area contributed by atoms with E-state index >= 15 is 0 Å². The maximum absolute atomic E-state index is 12.8. The lowest BCUT2D eigenvalue weighted by Crippen LogP contribution is -2.20. The predicted octanol–water partition coefficient (Wildman–Crippen LogP) is 3.56. The molecule has 6 heteroatoms. The number of ether oxygens (including phenoxy) is 1. The average molecular weight is 291 g/mol. The number of nitrogens with one attached hydrogen (secondary N) is 1. The number of anilines is 1. The summed E-state index contributed by atoms with van der Waals surface area (Å²) in [5.41, 5.74) is 0. The van der Waals surface area contributed by atoms with Gasteiger partial charge in [0.05, 0.1) is 0 Å². The van der Waals surface area contributed by atoms with Crippen LogP contribution in [0.2, 0.25) is 0 Å². The second kappa shape index (κ2) is 6.11. The molecule has 1 aromatic carbocycles. The zero-order chi connectivity index (χ0) is 14.7. The van der Waals surface area contributed by atoms with Gasteiger partial charge in [0.25, 0.3) is 5.89 Å². The monoisotopic (exact) mass is 291 g/mol. The highest BCUT2D eigenvalue weighted by molar-refractivity contribution is 5.23. The van der Waals surface area contributed by atoms with Crippen molar-refractivity contribution in [3.63, 3.8) is 0 Å². The van der Waals surface area contributed by atoms with E-state index in [1.165, 1.54) is 31.4 Å². The van der Waals surface area contributed by atoms with Crippen LogP contribution in [0.4, 0.5) is 10.4 Å². The highest BCUT2D eigenvalue weighted by Gasteiger charge is 2.19. The smallest absolute Gasteiger partial charge is 0.315 e. The van der Waals surface area contributed by atoms with Crippen LogP contribution in [-0.4, -0.2) is 16.7 Å². The van der Waals surface area contributed by atoms with Gasteiger partial charge in [-0.3, -0.25) is 0 Å². The summed E-state index contributed by atoms with van der Waals surface area (Å²) in [5, 5.41) is 11.1. The highest BCUT2D eigenvalue weighted by atomic mass is 19.1. The number of rotatable bonds is 6. The second-order valence-electron chi connectivity index (χ2n) is 5.34. The summed E-state index contributed by atoms with van der Waals surface area (Å²) in [6, 6.07) is 6.25. The van der Waals surface area contributed by atoms with Crippen molar-refractivity contribution in [3.8, 4) is 5.75 Å². The lowest BCUT2D eigenvalue weighted by atomic mass is 9.85. The number of hydrogen-bond donors (Lipinski definition) is 1. The van der Waals surface area contributed by atoms with E-state index in [2.05, 4.69) is 15.5 Å². The molecule has 1 aliphatic rings. The van der Waals surface area contributed by atoms with Crippen molar-refractivity contribution in [2.45, 2.75) is 32.3 Å². The van der Waals surface area contributed by atoms with Crippen molar-refractivity contribution in [3.05, 3.63) is 36.0 Å². The summed E-state index contributed by atoms with van der Waals surface area (Å²) >= 11 is 0. The van der Waals surface area contributed by atoms with Gasteiger partial charge in [-0.1, -0.05) is 11.5 Å². The van der Waals surface area contributed by atoms with Gasteiger partial charge in [-0.15, -0.1) is 5.10 Å². The molecule has 1 aromatic heterocycles. The molecule has 0 spiro atoms. The first-order chi connectivity index (χ1) is 10.2. The van der Waals surface area contributed by atoms with Crippen LogP contribution in [0.5, 0.6) is 5.75 Å². The fourth-order valence-corrected chi connectivity index (χ4v) is 2.17. The molecule has 1 atom stereocenters.